The summed E-state index contributed by atoms with van der Waals surface area (Å²) in [6.07, 6.45) is 0. The molecule has 1 heterocycles. The normalized spacial score (nSPS) is 10.4. The van der Waals surface area contributed by atoms with E-state index in [0.29, 0.717) is 12.1 Å². The standard InChI is InChI=1S/C18H16N2OS/c1-13-20-17(12-22-13)15-9-7-14(8-10-15)11-19-18(21)16-5-3-2-4-6-16/h2-10,12H,11H2,1H3,(H,19,21). The van der Waals surface area contributed by atoms with E-state index in [-0.39, 0.29) is 5.91 Å². The average Bonchev–Trinajstić information content (AvgIpc) is 3.00. The fourth-order valence-corrected chi connectivity index (χ4v) is 2.79. The highest BCUT2D eigenvalue weighted by Gasteiger charge is 2.05. The summed E-state index contributed by atoms with van der Waals surface area (Å²) in [7, 11) is 0. The summed E-state index contributed by atoms with van der Waals surface area (Å²) in [5.41, 5.74) is 3.85. The summed E-state index contributed by atoms with van der Waals surface area (Å²) in [5.74, 6) is -0.0557. The van der Waals surface area contributed by atoms with E-state index in [2.05, 4.69) is 15.7 Å². The molecule has 4 heteroatoms. The van der Waals surface area contributed by atoms with Crippen molar-refractivity contribution < 1.29 is 4.79 Å². The first-order valence-corrected chi connectivity index (χ1v) is 7.95. The average molecular weight is 308 g/mol. The van der Waals surface area contributed by atoms with Gasteiger partial charge in [0.1, 0.15) is 0 Å². The Morgan fingerprint density at radius 1 is 1.09 bits per heavy atom. The highest BCUT2D eigenvalue weighted by atomic mass is 32.1. The number of aromatic nitrogens is 1. The van der Waals surface area contributed by atoms with Crippen molar-refractivity contribution in [1.82, 2.24) is 10.3 Å². The van der Waals surface area contributed by atoms with Gasteiger partial charge < -0.3 is 5.32 Å². The van der Waals surface area contributed by atoms with Crippen LogP contribution >= 0.6 is 11.3 Å². The van der Waals surface area contributed by atoms with Gasteiger partial charge in [-0.1, -0.05) is 42.5 Å². The molecule has 22 heavy (non-hydrogen) atoms. The van der Waals surface area contributed by atoms with E-state index in [0.717, 1.165) is 21.8 Å². The highest BCUT2D eigenvalue weighted by molar-refractivity contribution is 7.09. The summed E-state index contributed by atoms with van der Waals surface area (Å²) >= 11 is 1.65. The molecule has 0 saturated carbocycles. The third-order valence-corrected chi connectivity index (χ3v) is 4.13. The minimum Gasteiger partial charge on any atom is -0.348 e. The molecule has 0 saturated heterocycles. The van der Waals surface area contributed by atoms with Crippen LogP contribution in [0.15, 0.2) is 60.0 Å². The highest BCUT2D eigenvalue weighted by Crippen LogP contribution is 2.21. The Morgan fingerprint density at radius 2 is 1.82 bits per heavy atom. The molecule has 0 radical (unpaired) electrons. The Balaban J connectivity index is 1.63. The summed E-state index contributed by atoms with van der Waals surface area (Å²) in [4.78, 5) is 16.5. The monoisotopic (exact) mass is 308 g/mol. The number of hydrogen-bond donors (Lipinski definition) is 1. The SMILES string of the molecule is Cc1nc(-c2ccc(CNC(=O)c3ccccc3)cc2)cs1. The van der Waals surface area contributed by atoms with Crippen molar-refractivity contribution in [1.29, 1.82) is 0 Å². The Kier molecular flexibility index (Phi) is 4.30. The molecule has 0 atom stereocenters. The molecule has 2 aromatic carbocycles. The lowest BCUT2D eigenvalue weighted by molar-refractivity contribution is 0.0951. The van der Waals surface area contributed by atoms with Gasteiger partial charge in [0.15, 0.2) is 0 Å². The largest absolute Gasteiger partial charge is 0.348 e. The lowest BCUT2D eigenvalue weighted by Crippen LogP contribution is -2.22. The van der Waals surface area contributed by atoms with Gasteiger partial charge in [-0.3, -0.25) is 4.79 Å². The number of carbonyl (C=O) groups excluding carboxylic acids is 1. The summed E-state index contributed by atoms with van der Waals surface area (Å²) in [6.45, 7) is 2.52. The maximum atomic E-state index is 12.0. The maximum absolute atomic E-state index is 12.0. The zero-order valence-corrected chi connectivity index (χ0v) is 13.1. The topological polar surface area (TPSA) is 42.0 Å². The lowest BCUT2D eigenvalue weighted by atomic mass is 10.1. The fourth-order valence-electron chi connectivity index (χ4n) is 2.16. The number of carbonyl (C=O) groups is 1. The smallest absolute Gasteiger partial charge is 0.251 e. The molecule has 1 amide bonds. The number of thiazole rings is 1. The van der Waals surface area contributed by atoms with Gasteiger partial charge >= 0.3 is 0 Å². The predicted molar refractivity (Wildman–Crippen MR) is 89.9 cm³/mol. The van der Waals surface area contributed by atoms with Crippen molar-refractivity contribution in [3.63, 3.8) is 0 Å². The summed E-state index contributed by atoms with van der Waals surface area (Å²) < 4.78 is 0. The molecule has 0 aliphatic carbocycles. The molecule has 3 rings (SSSR count). The van der Waals surface area contributed by atoms with E-state index >= 15 is 0 Å². The third-order valence-electron chi connectivity index (χ3n) is 3.36. The van der Waals surface area contributed by atoms with Crippen molar-refractivity contribution in [3.05, 3.63) is 76.1 Å². The van der Waals surface area contributed by atoms with Gasteiger partial charge in [0.2, 0.25) is 0 Å². The number of benzene rings is 2. The Bertz CT molecular complexity index is 763. The van der Waals surface area contributed by atoms with E-state index in [1.54, 1.807) is 11.3 Å². The Morgan fingerprint density at radius 3 is 2.45 bits per heavy atom. The van der Waals surface area contributed by atoms with E-state index in [1.165, 1.54) is 0 Å². The van der Waals surface area contributed by atoms with Gasteiger partial charge in [0.25, 0.3) is 5.91 Å². The van der Waals surface area contributed by atoms with Crippen LogP contribution in [0.3, 0.4) is 0 Å². The van der Waals surface area contributed by atoms with Gasteiger partial charge in [-0.05, 0) is 24.6 Å². The van der Waals surface area contributed by atoms with Crippen molar-refractivity contribution in [2.24, 2.45) is 0 Å². The minimum absolute atomic E-state index is 0.0557. The van der Waals surface area contributed by atoms with Gasteiger partial charge in [-0.15, -0.1) is 11.3 Å². The zero-order valence-electron chi connectivity index (χ0n) is 12.2. The molecule has 1 aromatic heterocycles. The molecule has 0 spiro atoms. The second kappa shape index (κ2) is 6.54. The van der Waals surface area contributed by atoms with E-state index in [4.69, 9.17) is 0 Å². The van der Waals surface area contributed by atoms with Crippen LogP contribution in [0.2, 0.25) is 0 Å². The number of nitrogens with one attached hydrogen (secondary N) is 1. The molecule has 0 aliphatic rings. The molecule has 3 nitrogen and oxygen atoms in total. The van der Waals surface area contributed by atoms with E-state index in [9.17, 15) is 4.79 Å². The molecular formula is C18H16N2OS. The molecule has 3 aromatic rings. The van der Waals surface area contributed by atoms with Crippen LogP contribution in [0.5, 0.6) is 0 Å². The molecule has 110 valence electrons. The summed E-state index contributed by atoms with van der Waals surface area (Å²) in [6, 6.07) is 17.4. The molecule has 0 unspecified atom stereocenters. The third kappa shape index (κ3) is 3.40. The molecule has 1 N–H and O–H groups in total. The van der Waals surface area contributed by atoms with Crippen LogP contribution in [-0.2, 0) is 6.54 Å². The second-order valence-corrected chi connectivity index (χ2v) is 6.06. The van der Waals surface area contributed by atoms with Gasteiger partial charge in [-0.25, -0.2) is 4.98 Å². The van der Waals surface area contributed by atoms with E-state index in [1.807, 2.05) is 61.5 Å². The molecule has 0 fully saturated rings. The zero-order chi connectivity index (χ0) is 15.4. The van der Waals surface area contributed by atoms with Gasteiger partial charge in [-0.2, -0.15) is 0 Å². The molecule has 0 aliphatic heterocycles. The lowest BCUT2D eigenvalue weighted by Gasteiger charge is -2.06. The van der Waals surface area contributed by atoms with Gasteiger partial charge in [0.05, 0.1) is 10.7 Å². The molecular weight excluding hydrogens is 292 g/mol. The minimum atomic E-state index is -0.0557. The first-order chi connectivity index (χ1) is 10.7. The van der Waals surface area contributed by atoms with E-state index < -0.39 is 0 Å². The van der Waals surface area contributed by atoms with Crippen molar-refractivity contribution in [2.75, 3.05) is 0 Å². The van der Waals surface area contributed by atoms with Crippen molar-refractivity contribution in [2.45, 2.75) is 13.5 Å². The van der Waals surface area contributed by atoms with Crippen LogP contribution in [0.1, 0.15) is 20.9 Å². The van der Waals surface area contributed by atoms with Crippen LogP contribution < -0.4 is 5.32 Å². The first kappa shape index (κ1) is 14.5. The van der Waals surface area contributed by atoms with Crippen LogP contribution in [0, 0.1) is 6.92 Å². The van der Waals surface area contributed by atoms with Crippen LogP contribution in [-0.4, -0.2) is 10.9 Å². The van der Waals surface area contributed by atoms with Crippen LogP contribution in [0.4, 0.5) is 0 Å². The first-order valence-electron chi connectivity index (χ1n) is 7.07. The number of aryl methyl sites for hydroxylation is 1. The quantitative estimate of drug-likeness (QED) is 0.790. The number of rotatable bonds is 4. The molecule has 0 bridgehead atoms. The van der Waals surface area contributed by atoms with Crippen molar-refractivity contribution in [3.8, 4) is 11.3 Å². The van der Waals surface area contributed by atoms with Crippen LogP contribution in [0.25, 0.3) is 11.3 Å². The second-order valence-electron chi connectivity index (χ2n) is 5.00. The number of amides is 1. The van der Waals surface area contributed by atoms with Gasteiger partial charge in [0, 0.05) is 23.1 Å². The Hall–Kier alpha value is -2.46. The van der Waals surface area contributed by atoms with Crippen molar-refractivity contribution >= 4 is 17.2 Å². The fraction of sp³-hybridized carbons (Fsp3) is 0.111. The Labute approximate surface area is 133 Å². The predicted octanol–water partition coefficient (Wildman–Crippen LogP) is 4.05. The number of hydrogen-bond acceptors (Lipinski definition) is 3. The number of nitrogens with zero attached hydrogens (tertiary/aromatic N) is 1. The maximum Gasteiger partial charge on any atom is 0.251 e. The summed E-state index contributed by atoms with van der Waals surface area (Å²) in [5, 5.41) is 6.05.